The highest BCUT2D eigenvalue weighted by Gasteiger charge is 2.17. The molecule has 0 amide bonds. The van der Waals surface area contributed by atoms with E-state index < -0.39 is 7.12 Å². The Kier molecular flexibility index (Phi) is 1.64. The van der Waals surface area contributed by atoms with Gasteiger partial charge in [0, 0.05) is 0 Å². The van der Waals surface area contributed by atoms with Crippen LogP contribution in [0.15, 0.2) is 6.20 Å². The number of nitrogen functional groups attached to an aromatic ring is 1. The number of imidazole rings is 1. The van der Waals surface area contributed by atoms with Gasteiger partial charge in [0.15, 0.2) is 11.3 Å². The van der Waals surface area contributed by atoms with Gasteiger partial charge in [0.25, 0.3) is 0 Å². The lowest BCUT2D eigenvalue weighted by atomic mass is 9.91. The number of rotatable bonds is 1. The van der Waals surface area contributed by atoms with Crippen molar-refractivity contribution in [2.45, 2.75) is 0 Å². The van der Waals surface area contributed by atoms with Gasteiger partial charge in [-0.1, -0.05) is 0 Å². The maximum atomic E-state index is 8.77. The second-order valence-corrected chi connectivity index (χ2v) is 2.46. The fourth-order valence-electron chi connectivity index (χ4n) is 0.948. The molecule has 2 heterocycles. The predicted molar refractivity (Wildman–Crippen MR) is 45.9 cm³/mol. The van der Waals surface area contributed by atoms with Crippen molar-refractivity contribution in [3.63, 3.8) is 0 Å². The monoisotopic (exact) mass is 179 g/mol. The molecule has 8 heteroatoms. The molecule has 2 aromatic rings. The van der Waals surface area contributed by atoms with Gasteiger partial charge in [-0.15, -0.1) is 0 Å². The normalized spacial score (nSPS) is 10.6. The van der Waals surface area contributed by atoms with Gasteiger partial charge in [-0.2, -0.15) is 0 Å². The van der Waals surface area contributed by atoms with Crippen LogP contribution in [0.1, 0.15) is 0 Å². The topological polar surface area (TPSA) is 121 Å². The van der Waals surface area contributed by atoms with Crippen molar-refractivity contribution < 1.29 is 10.0 Å². The molecule has 0 saturated heterocycles. The van der Waals surface area contributed by atoms with Crippen LogP contribution in [-0.4, -0.2) is 37.1 Å². The summed E-state index contributed by atoms with van der Waals surface area (Å²) in [5.41, 5.74) is 6.00. The molecule has 5 N–H and O–H groups in total. The van der Waals surface area contributed by atoms with Crippen molar-refractivity contribution in [1.29, 1.82) is 0 Å². The van der Waals surface area contributed by atoms with Gasteiger partial charge in [0.05, 0.1) is 6.20 Å². The summed E-state index contributed by atoms with van der Waals surface area (Å²) in [6.07, 6.45) is 1.34. The Morgan fingerprint density at radius 2 is 2.15 bits per heavy atom. The van der Waals surface area contributed by atoms with Gasteiger partial charge in [0.1, 0.15) is 11.5 Å². The average Bonchev–Trinajstić information content (AvgIpc) is 2.46. The van der Waals surface area contributed by atoms with E-state index in [0.717, 1.165) is 0 Å². The van der Waals surface area contributed by atoms with Gasteiger partial charge in [-0.05, 0) is 0 Å². The summed E-state index contributed by atoms with van der Waals surface area (Å²) in [4.78, 5) is 14.0. The van der Waals surface area contributed by atoms with Gasteiger partial charge >= 0.3 is 7.12 Å². The number of H-pyrrole nitrogens is 1. The lowest BCUT2D eigenvalue weighted by Crippen LogP contribution is -2.33. The SMILES string of the molecule is Nc1cnc2nc(B(O)O)[nH]c2n1. The Bertz CT molecular complexity index is 441. The second-order valence-electron chi connectivity index (χ2n) is 2.46. The van der Waals surface area contributed by atoms with Gasteiger partial charge in [-0.25, -0.2) is 15.0 Å². The number of hydrogen-bond acceptors (Lipinski definition) is 6. The number of aromatic nitrogens is 4. The first-order chi connectivity index (χ1) is 6.16. The van der Waals surface area contributed by atoms with Gasteiger partial charge in [-0.3, -0.25) is 0 Å². The molecule has 0 aliphatic heterocycles. The summed E-state index contributed by atoms with van der Waals surface area (Å²) in [5.74, 6) is 0.245. The van der Waals surface area contributed by atoms with E-state index in [2.05, 4.69) is 19.9 Å². The van der Waals surface area contributed by atoms with Crippen molar-refractivity contribution >= 4 is 30.0 Å². The molecule has 7 nitrogen and oxygen atoms in total. The Hall–Kier alpha value is -1.67. The zero-order valence-corrected chi connectivity index (χ0v) is 6.47. The number of hydrogen-bond donors (Lipinski definition) is 4. The lowest BCUT2D eigenvalue weighted by Gasteiger charge is -1.88. The molecule has 0 bridgehead atoms. The van der Waals surface area contributed by atoms with Crippen LogP contribution in [0.3, 0.4) is 0 Å². The minimum atomic E-state index is -1.66. The van der Waals surface area contributed by atoms with Crippen molar-refractivity contribution in [2.24, 2.45) is 0 Å². The van der Waals surface area contributed by atoms with Crippen molar-refractivity contribution in [2.75, 3.05) is 5.73 Å². The molecule has 2 rings (SSSR count). The van der Waals surface area contributed by atoms with Gasteiger partial charge < -0.3 is 20.8 Å². The third kappa shape index (κ3) is 1.32. The van der Waals surface area contributed by atoms with Crippen molar-refractivity contribution in [3.8, 4) is 0 Å². The Morgan fingerprint density at radius 1 is 1.38 bits per heavy atom. The smallest absolute Gasteiger partial charge is 0.421 e. The molecule has 0 aliphatic rings. The quantitative estimate of drug-likeness (QED) is 0.362. The highest BCUT2D eigenvalue weighted by Crippen LogP contribution is 2.02. The molecule has 13 heavy (non-hydrogen) atoms. The highest BCUT2D eigenvalue weighted by molar-refractivity contribution is 6.56. The summed E-state index contributed by atoms with van der Waals surface area (Å²) < 4.78 is 0. The van der Waals surface area contributed by atoms with E-state index in [9.17, 15) is 0 Å². The fraction of sp³-hybridized carbons (Fsp3) is 0. The molecule has 0 saturated carbocycles. The first kappa shape index (κ1) is 7.96. The van der Waals surface area contributed by atoms with E-state index in [1.807, 2.05) is 0 Å². The van der Waals surface area contributed by atoms with Crippen LogP contribution >= 0.6 is 0 Å². The number of nitrogens with two attached hydrogens (primary N) is 1. The summed E-state index contributed by atoms with van der Waals surface area (Å²) in [5, 5.41) is 17.5. The van der Waals surface area contributed by atoms with E-state index in [4.69, 9.17) is 15.8 Å². The molecule has 66 valence electrons. The average molecular weight is 179 g/mol. The van der Waals surface area contributed by atoms with Crippen LogP contribution < -0.4 is 11.5 Å². The van der Waals surface area contributed by atoms with Gasteiger partial charge in [0.2, 0.25) is 0 Å². The van der Waals surface area contributed by atoms with E-state index >= 15 is 0 Å². The van der Waals surface area contributed by atoms with Crippen molar-refractivity contribution in [1.82, 2.24) is 19.9 Å². The van der Waals surface area contributed by atoms with Crippen LogP contribution in [0.5, 0.6) is 0 Å². The Balaban J connectivity index is 2.62. The van der Waals surface area contributed by atoms with Crippen LogP contribution in [0.25, 0.3) is 11.3 Å². The first-order valence-corrected chi connectivity index (χ1v) is 3.51. The zero-order valence-electron chi connectivity index (χ0n) is 6.47. The Labute approximate surface area is 72.8 Å². The largest absolute Gasteiger partial charge is 0.526 e. The molecule has 0 spiro atoms. The van der Waals surface area contributed by atoms with Crippen LogP contribution in [0.4, 0.5) is 5.82 Å². The fourth-order valence-corrected chi connectivity index (χ4v) is 0.948. The molecule has 2 aromatic heterocycles. The molecule has 0 atom stereocenters. The Morgan fingerprint density at radius 3 is 2.85 bits per heavy atom. The first-order valence-electron chi connectivity index (χ1n) is 3.51. The number of anilines is 1. The van der Waals surface area contributed by atoms with Crippen molar-refractivity contribution in [3.05, 3.63) is 6.20 Å². The minimum absolute atomic E-state index is 0.000556. The second kappa shape index (κ2) is 2.68. The lowest BCUT2D eigenvalue weighted by molar-refractivity contribution is 0.423. The molecule has 0 fully saturated rings. The number of nitrogens with zero attached hydrogens (tertiary/aromatic N) is 3. The predicted octanol–water partition coefficient (Wildman–Crippen LogP) is -2.39. The maximum Gasteiger partial charge on any atom is 0.526 e. The maximum absolute atomic E-state index is 8.77. The summed E-state index contributed by atoms with van der Waals surface area (Å²) in [6, 6.07) is 0. The molecular formula is C5H6BN5O2. The number of fused-ring (bicyclic) bond motifs is 1. The van der Waals surface area contributed by atoms with Crippen LogP contribution in [0, 0.1) is 0 Å². The zero-order chi connectivity index (χ0) is 9.42. The molecule has 0 aliphatic carbocycles. The third-order valence-corrected chi connectivity index (χ3v) is 1.49. The standard InChI is InChI=1S/C5H6BN5O2/c7-2-1-8-3-4(9-2)11-5(10-3)6(12)13/h1,12-13H,(H3,7,8,9,10,11). The molecular weight excluding hydrogens is 173 g/mol. The van der Waals surface area contributed by atoms with Crippen LogP contribution in [0.2, 0.25) is 0 Å². The number of nitrogens with one attached hydrogen (secondary N) is 1. The summed E-state index contributed by atoms with van der Waals surface area (Å²) in [7, 11) is -1.66. The number of aromatic amines is 1. The van der Waals surface area contributed by atoms with Crippen LogP contribution in [-0.2, 0) is 0 Å². The molecule has 0 radical (unpaired) electrons. The third-order valence-electron chi connectivity index (χ3n) is 1.49. The molecule has 0 unspecified atom stereocenters. The summed E-state index contributed by atoms with van der Waals surface area (Å²) >= 11 is 0. The van der Waals surface area contributed by atoms with E-state index in [1.54, 1.807) is 0 Å². The van der Waals surface area contributed by atoms with E-state index in [0.29, 0.717) is 11.3 Å². The van der Waals surface area contributed by atoms with E-state index in [-0.39, 0.29) is 11.5 Å². The molecule has 0 aromatic carbocycles. The van der Waals surface area contributed by atoms with E-state index in [1.165, 1.54) is 6.20 Å². The highest BCUT2D eigenvalue weighted by atomic mass is 16.4. The minimum Gasteiger partial charge on any atom is -0.421 e. The summed E-state index contributed by atoms with van der Waals surface area (Å²) in [6.45, 7) is 0.